The first-order valence-electron chi connectivity index (χ1n) is 7.99. The first kappa shape index (κ1) is 13.4. The number of piperidine rings is 1. The molecule has 2 aliphatic heterocycles. The molecule has 4 rings (SSSR count). The molecule has 0 aliphatic carbocycles. The summed E-state index contributed by atoms with van der Waals surface area (Å²) in [5, 5.41) is 0. The molecule has 0 radical (unpaired) electrons. The maximum atomic E-state index is 12.3. The van der Waals surface area contributed by atoms with Gasteiger partial charge in [0.1, 0.15) is 6.26 Å². The average Bonchev–Trinajstić information content (AvgIpc) is 3.24. The fourth-order valence-corrected chi connectivity index (χ4v) is 3.69. The highest BCUT2D eigenvalue weighted by Crippen LogP contribution is 2.32. The first-order chi connectivity index (χ1) is 10.8. The third kappa shape index (κ3) is 2.28. The van der Waals surface area contributed by atoms with Gasteiger partial charge in [0.25, 0.3) is 5.91 Å². The molecule has 2 aliphatic rings. The second kappa shape index (κ2) is 5.52. The third-order valence-electron chi connectivity index (χ3n) is 4.88. The number of fused-ring (bicyclic) bond motifs is 1. The van der Waals surface area contributed by atoms with Crippen LogP contribution in [0, 0.1) is 0 Å². The molecule has 1 aromatic carbocycles. The summed E-state index contributed by atoms with van der Waals surface area (Å²) in [7, 11) is 0. The molecule has 4 heteroatoms. The van der Waals surface area contributed by atoms with Crippen LogP contribution in [-0.2, 0) is 6.42 Å². The summed E-state index contributed by atoms with van der Waals surface area (Å²) in [6.07, 6.45) is 6.31. The molecule has 114 valence electrons. The molecule has 0 unspecified atom stereocenters. The van der Waals surface area contributed by atoms with Gasteiger partial charge in [-0.25, -0.2) is 0 Å². The highest BCUT2D eigenvalue weighted by Gasteiger charge is 2.30. The molecule has 1 amide bonds. The fraction of sp³-hybridized carbons (Fsp3) is 0.389. The number of furan rings is 1. The van der Waals surface area contributed by atoms with E-state index in [9.17, 15) is 4.79 Å². The zero-order chi connectivity index (χ0) is 14.9. The van der Waals surface area contributed by atoms with E-state index in [1.807, 2.05) is 4.90 Å². The molecule has 3 heterocycles. The maximum Gasteiger partial charge on any atom is 0.257 e. The molecule has 1 fully saturated rings. The van der Waals surface area contributed by atoms with Crippen molar-refractivity contribution in [3.8, 4) is 0 Å². The number of nitrogens with zero attached hydrogens (tertiary/aromatic N) is 2. The molecule has 0 N–H and O–H groups in total. The normalized spacial score (nSPS) is 18.5. The molecule has 0 bridgehead atoms. The van der Waals surface area contributed by atoms with Crippen LogP contribution in [0.15, 0.2) is 47.3 Å². The van der Waals surface area contributed by atoms with E-state index in [4.69, 9.17) is 4.42 Å². The summed E-state index contributed by atoms with van der Waals surface area (Å²) in [5.74, 6) is 0.0917. The monoisotopic (exact) mass is 296 g/mol. The minimum atomic E-state index is 0.0917. The van der Waals surface area contributed by atoms with E-state index < -0.39 is 0 Å². The summed E-state index contributed by atoms with van der Waals surface area (Å²) in [4.78, 5) is 16.8. The van der Waals surface area contributed by atoms with Gasteiger partial charge in [-0.2, -0.15) is 0 Å². The van der Waals surface area contributed by atoms with Crippen LogP contribution in [0.5, 0.6) is 0 Å². The first-order valence-corrected chi connectivity index (χ1v) is 7.99. The highest BCUT2D eigenvalue weighted by molar-refractivity contribution is 5.93. The SMILES string of the molecule is O=C(c1ccoc1)N1CCC(N2CCc3ccccc32)CC1. The fourth-order valence-electron chi connectivity index (χ4n) is 3.69. The number of hydrogen-bond donors (Lipinski definition) is 0. The Morgan fingerprint density at radius 2 is 1.91 bits per heavy atom. The van der Waals surface area contributed by atoms with E-state index in [1.54, 1.807) is 12.3 Å². The standard InChI is InChI=1S/C18H20N2O2/c21-18(15-8-12-22-13-15)19-9-6-16(7-10-19)20-11-5-14-3-1-2-4-17(14)20/h1-4,8,12-13,16H,5-7,9-11H2. The van der Waals surface area contributed by atoms with E-state index in [0.717, 1.165) is 38.9 Å². The molecule has 0 saturated carbocycles. The molecular formula is C18H20N2O2. The number of anilines is 1. The Balaban J connectivity index is 1.42. The van der Waals surface area contributed by atoms with Gasteiger partial charge in [-0.15, -0.1) is 0 Å². The Morgan fingerprint density at radius 1 is 1.09 bits per heavy atom. The Labute approximate surface area is 130 Å². The molecule has 22 heavy (non-hydrogen) atoms. The van der Waals surface area contributed by atoms with Crippen LogP contribution in [0.25, 0.3) is 0 Å². The maximum absolute atomic E-state index is 12.3. The van der Waals surface area contributed by atoms with E-state index >= 15 is 0 Å². The zero-order valence-corrected chi connectivity index (χ0v) is 12.6. The zero-order valence-electron chi connectivity index (χ0n) is 12.6. The summed E-state index contributed by atoms with van der Waals surface area (Å²) in [6.45, 7) is 2.76. The lowest BCUT2D eigenvalue weighted by atomic mass is 10.0. The highest BCUT2D eigenvalue weighted by atomic mass is 16.3. The van der Waals surface area contributed by atoms with E-state index in [-0.39, 0.29) is 5.91 Å². The van der Waals surface area contributed by atoms with Crippen molar-refractivity contribution in [1.82, 2.24) is 4.90 Å². The van der Waals surface area contributed by atoms with Gasteiger partial charge in [-0.1, -0.05) is 18.2 Å². The van der Waals surface area contributed by atoms with Crippen LogP contribution >= 0.6 is 0 Å². The molecular weight excluding hydrogens is 276 g/mol. The van der Waals surface area contributed by atoms with Crippen LogP contribution < -0.4 is 4.90 Å². The predicted molar refractivity (Wildman–Crippen MR) is 85.1 cm³/mol. The lowest BCUT2D eigenvalue weighted by Gasteiger charge is -2.38. The molecule has 0 atom stereocenters. The second-order valence-electron chi connectivity index (χ2n) is 6.11. The van der Waals surface area contributed by atoms with Crippen LogP contribution in [-0.4, -0.2) is 36.5 Å². The average molecular weight is 296 g/mol. The van der Waals surface area contributed by atoms with Gasteiger partial charge in [0.2, 0.25) is 0 Å². The smallest absolute Gasteiger partial charge is 0.257 e. The van der Waals surface area contributed by atoms with Crippen molar-refractivity contribution in [1.29, 1.82) is 0 Å². The van der Waals surface area contributed by atoms with Crippen LogP contribution in [0.2, 0.25) is 0 Å². The van der Waals surface area contributed by atoms with E-state index in [1.165, 1.54) is 17.5 Å². The molecule has 2 aromatic rings. The third-order valence-corrected chi connectivity index (χ3v) is 4.88. The van der Waals surface area contributed by atoms with Crippen molar-refractivity contribution in [3.05, 3.63) is 54.0 Å². The molecule has 1 saturated heterocycles. The Bertz CT molecular complexity index is 657. The summed E-state index contributed by atoms with van der Waals surface area (Å²) in [5.41, 5.74) is 3.51. The van der Waals surface area contributed by atoms with Crippen molar-refractivity contribution < 1.29 is 9.21 Å². The van der Waals surface area contributed by atoms with Crippen LogP contribution in [0.3, 0.4) is 0 Å². The van der Waals surface area contributed by atoms with Crippen LogP contribution in [0.1, 0.15) is 28.8 Å². The number of hydrogen-bond acceptors (Lipinski definition) is 3. The van der Waals surface area contributed by atoms with Crippen LogP contribution in [0.4, 0.5) is 5.69 Å². The molecule has 1 aromatic heterocycles. The van der Waals surface area contributed by atoms with Crippen molar-refractivity contribution in [3.63, 3.8) is 0 Å². The predicted octanol–water partition coefficient (Wildman–Crippen LogP) is 2.95. The minimum Gasteiger partial charge on any atom is -0.472 e. The summed E-state index contributed by atoms with van der Waals surface area (Å²) in [6, 6.07) is 11.0. The van der Waals surface area contributed by atoms with Gasteiger partial charge < -0.3 is 14.2 Å². The number of para-hydroxylation sites is 1. The number of benzene rings is 1. The Hall–Kier alpha value is -2.23. The molecule has 0 spiro atoms. The number of rotatable bonds is 2. The Kier molecular flexibility index (Phi) is 3.37. The lowest BCUT2D eigenvalue weighted by Crippen LogP contribution is -2.46. The number of likely N-dealkylation sites (tertiary alicyclic amines) is 1. The van der Waals surface area contributed by atoms with Gasteiger partial charge in [-0.3, -0.25) is 4.79 Å². The quantitative estimate of drug-likeness (QED) is 0.855. The molecule has 4 nitrogen and oxygen atoms in total. The topological polar surface area (TPSA) is 36.7 Å². The second-order valence-corrected chi connectivity index (χ2v) is 6.11. The summed E-state index contributed by atoms with van der Waals surface area (Å²) < 4.78 is 5.01. The van der Waals surface area contributed by atoms with Gasteiger partial charge in [0.05, 0.1) is 11.8 Å². The van der Waals surface area contributed by atoms with Gasteiger partial charge in [0.15, 0.2) is 0 Å². The van der Waals surface area contributed by atoms with Crippen molar-refractivity contribution in [2.45, 2.75) is 25.3 Å². The van der Waals surface area contributed by atoms with Crippen molar-refractivity contribution >= 4 is 11.6 Å². The minimum absolute atomic E-state index is 0.0917. The summed E-state index contributed by atoms with van der Waals surface area (Å²) >= 11 is 0. The van der Waals surface area contributed by atoms with Gasteiger partial charge in [-0.05, 0) is 37.0 Å². The van der Waals surface area contributed by atoms with Crippen molar-refractivity contribution in [2.24, 2.45) is 0 Å². The van der Waals surface area contributed by atoms with Gasteiger partial charge >= 0.3 is 0 Å². The largest absolute Gasteiger partial charge is 0.472 e. The van der Waals surface area contributed by atoms with Gasteiger partial charge in [0, 0.05) is 31.4 Å². The number of amides is 1. The number of carbonyl (C=O) groups is 1. The van der Waals surface area contributed by atoms with E-state index in [2.05, 4.69) is 29.2 Å². The van der Waals surface area contributed by atoms with E-state index in [0.29, 0.717) is 11.6 Å². The van der Waals surface area contributed by atoms with Crippen molar-refractivity contribution in [2.75, 3.05) is 24.5 Å². The number of carbonyl (C=O) groups excluding carboxylic acids is 1. The Morgan fingerprint density at radius 3 is 2.68 bits per heavy atom. The lowest BCUT2D eigenvalue weighted by molar-refractivity contribution is 0.0712.